The number of hydrogen-bond acceptors (Lipinski definition) is 5. The van der Waals surface area contributed by atoms with Crippen LogP contribution in [-0.2, 0) is 21.1 Å². The van der Waals surface area contributed by atoms with Crippen LogP contribution < -0.4 is 5.48 Å². The van der Waals surface area contributed by atoms with E-state index in [4.69, 9.17) is 9.68 Å². The van der Waals surface area contributed by atoms with Crippen molar-refractivity contribution in [3.63, 3.8) is 0 Å². The van der Waals surface area contributed by atoms with Crippen LogP contribution in [0.25, 0.3) is 0 Å². The van der Waals surface area contributed by atoms with E-state index < -0.39 is 12.1 Å². The SMILES string of the molecule is CC(C)(C)C1CC(CONC(=O)[C@@H]2CC[C@@H]3CN2C(=O)N3OCc2ccccc2)CCN1C(=O)O. The molecule has 1 aromatic carbocycles. The molecule has 0 aliphatic carbocycles. The lowest BCUT2D eigenvalue weighted by Gasteiger charge is -2.44. The molecule has 2 N–H and O–H groups in total. The Labute approximate surface area is 206 Å². The highest BCUT2D eigenvalue weighted by atomic mass is 16.7. The second-order valence-corrected chi connectivity index (χ2v) is 10.8. The first-order chi connectivity index (χ1) is 16.6. The number of likely N-dealkylation sites (tertiary alicyclic amines) is 1. The van der Waals surface area contributed by atoms with Crippen LogP contribution in [0.15, 0.2) is 30.3 Å². The monoisotopic (exact) mass is 488 g/mol. The number of fused-ring (bicyclic) bond motifs is 2. The lowest BCUT2D eigenvalue weighted by molar-refractivity contribution is -0.142. The standard InChI is InChI=1S/C25H36N4O6/c1-25(2,3)21-13-18(11-12-27(21)24(32)33)15-34-26-22(30)20-10-9-19-14-28(20)23(31)29(19)35-16-17-7-5-4-6-8-17/h4-8,18-21H,9-16H2,1-3H3,(H,26,30)(H,32,33)/t18?,19-,20+,21?/m1/s1. The summed E-state index contributed by atoms with van der Waals surface area (Å²) in [6.45, 7) is 7.62. The molecule has 3 saturated heterocycles. The van der Waals surface area contributed by atoms with Gasteiger partial charge >= 0.3 is 12.1 Å². The molecule has 2 unspecified atom stereocenters. The number of piperidine rings is 2. The molecule has 1 aromatic rings. The van der Waals surface area contributed by atoms with Crippen molar-refractivity contribution >= 4 is 18.0 Å². The van der Waals surface area contributed by atoms with Gasteiger partial charge in [0.1, 0.15) is 12.6 Å². The molecule has 4 rings (SSSR count). The molecule has 3 heterocycles. The molecule has 0 radical (unpaired) electrons. The molecule has 3 aliphatic heterocycles. The number of carboxylic acid groups (broad SMARTS) is 1. The average molecular weight is 489 g/mol. The molecule has 3 fully saturated rings. The summed E-state index contributed by atoms with van der Waals surface area (Å²) in [5.74, 6) is -0.196. The van der Waals surface area contributed by atoms with Crippen LogP contribution >= 0.6 is 0 Å². The van der Waals surface area contributed by atoms with Crippen molar-refractivity contribution in [2.75, 3.05) is 19.7 Å². The third-order valence-electron chi connectivity index (χ3n) is 7.29. The summed E-state index contributed by atoms with van der Waals surface area (Å²) < 4.78 is 0. The minimum atomic E-state index is -0.898. The third kappa shape index (κ3) is 5.70. The van der Waals surface area contributed by atoms with E-state index in [1.54, 1.807) is 4.90 Å². The zero-order chi connectivity index (χ0) is 25.2. The number of nitrogens with one attached hydrogen (secondary N) is 1. The van der Waals surface area contributed by atoms with Crippen molar-refractivity contribution in [2.45, 2.75) is 71.2 Å². The summed E-state index contributed by atoms with van der Waals surface area (Å²) >= 11 is 0. The summed E-state index contributed by atoms with van der Waals surface area (Å²) in [6.07, 6.45) is 1.67. The first-order valence-electron chi connectivity index (χ1n) is 12.3. The molecule has 4 amide bonds. The number of benzene rings is 1. The van der Waals surface area contributed by atoms with Crippen LogP contribution in [0.4, 0.5) is 9.59 Å². The molecule has 0 aromatic heterocycles. The van der Waals surface area contributed by atoms with E-state index in [0.717, 1.165) is 5.56 Å². The van der Waals surface area contributed by atoms with E-state index in [-0.39, 0.29) is 35.4 Å². The predicted molar refractivity (Wildman–Crippen MR) is 127 cm³/mol. The number of nitrogens with zero attached hydrogens (tertiary/aromatic N) is 3. The normalized spacial score (nSPS) is 26.7. The van der Waals surface area contributed by atoms with Gasteiger partial charge < -0.3 is 14.9 Å². The van der Waals surface area contributed by atoms with Gasteiger partial charge in [-0.15, -0.1) is 0 Å². The minimum Gasteiger partial charge on any atom is -0.465 e. The molecule has 192 valence electrons. The molecule has 2 bridgehead atoms. The van der Waals surface area contributed by atoms with Crippen molar-refractivity contribution < 1.29 is 29.2 Å². The lowest BCUT2D eigenvalue weighted by Crippen LogP contribution is -2.52. The molecule has 0 spiro atoms. The second-order valence-electron chi connectivity index (χ2n) is 10.8. The highest BCUT2D eigenvalue weighted by Crippen LogP contribution is 2.35. The summed E-state index contributed by atoms with van der Waals surface area (Å²) in [7, 11) is 0. The topological polar surface area (TPSA) is 112 Å². The maximum atomic E-state index is 12.9. The van der Waals surface area contributed by atoms with Gasteiger partial charge in [0.25, 0.3) is 5.91 Å². The Bertz CT molecular complexity index is 920. The Kier molecular flexibility index (Phi) is 7.51. The van der Waals surface area contributed by atoms with Crippen molar-refractivity contribution in [3.05, 3.63) is 35.9 Å². The fourth-order valence-corrected chi connectivity index (χ4v) is 5.33. The molecule has 10 nitrogen and oxygen atoms in total. The van der Waals surface area contributed by atoms with Gasteiger partial charge in [-0.05, 0) is 42.6 Å². The third-order valence-corrected chi connectivity index (χ3v) is 7.29. The largest absolute Gasteiger partial charge is 0.465 e. The van der Waals surface area contributed by atoms with Gasteiger partial charge in [0.15, 0.2) is 0 Å². The minimum absolute atomic E-state index is 0.0649. The summed E-state index contributed by atoms with van der Waals surface area (Å²) in [4.78, 5) is 51.8. The van der Waals surface area contributed by atoms with Crippen LogP contribution in [0.3, 0.4) is 0 Å². The van der Waals surface area contributed by atoms with Gasteiger partial charge in [-0.25, -0.2) is 15.1 Å². The molecule has 10 heteroatoms. The van der Waals surface area contributed by atoms with Crippen molar-refractivity contribution in [1.29, 1.82) is 0 Å². The van der Waals surface area contributed by atoms with Crippen LogP contribution in [-0.4, -0.2) is 75.8 Å². The molecule has 4 atom stereocenters. The summed E-state index contributed by atoms with van der Waals surface area (Å²) in [5.41, 5.74) is 3.32. The van der Waals surface area contributed by atoms with Gasteiger partial charge in [0.2, 0.25) is 0 Å². The first-order valence-corrected chi connectivity index (χ1v) is 12.3. The molecular weight excluding hydrogens is 452 g/mol. The first kappa shape index (κ1) is 25.2. The molecule has 0 saturated carbocycles. The Hall–Kier alpha value is -2.85. The Morgan fingerprint density at radius 3 is 2.57 bits per heavy atom. The summed E-state index contributed by atoms with van der Waals surface area (Å²) in [6, 6.07) is 8.58. The van der Waals surface area contributed by atoms with Gasteiger partial charge in [0.05, 0.1) is 12.6 Å². The fourth-order valence-electron chi connectivity index (χ4n) is 5.33. The molecular formula is C25H36N4O6. The number of amides is 4. The molecule has 3 aliphatic rings. The van der Waals surface area contributed by atoms with E-state index in [2.05, 4.69) is 5.48 Å². The van der Waals surface area contributed by atoms with E-state index in [1.165, 1.54) is 9.96 Å². The van der Waals surface area contributed by atoms with Crippen molar-refractivity contribution in [3.8, 4) is 0 Å². The maximum absolute atomic E-state index is 12.9. The smallest absolute Gasteiger partial charge is 0.407 e. The zero-order valence-electron chi connectivity index (χ0n) is 20.7. The summed E-state index contributed by atoms with van der Waals surface area (Å²) in [5, 5.41) is 10.9. The number of urea groups is 1. The number of hydrogen-bond donors (Lipinski definition) is 2. The van der Waals surface area contributed by atoms with Crippen LogP contribution in [0.1, 0.15) is 52.0 Å². The second kappa shape index (κ2) is 10.4. The van der Waals surface area contributed by atoms with Gasteiger partial charge in [-0.1, -0.05) is 51.1 Å². The van der Waals surface area contributed by atoms with E-state index >= 15 is 0 Å². The average Bonchev–Trinajstić information content (AvgIpc) is 3.06. The van der Waals surface area contributed by atoms with E-state index in [9.17, 15) is 19.5 Å². The lowest BCUT2D eigenvalue weighted by atomic mass is 9.77. The van der Waals surface area contributed by atoms with Crippen LogP contribution in [0, 0.1) is 11.3 Å². The fraction of sp³-hybridized carbons (Fsp3) is 0.640. The number of rotatable bonds is 7. The van der Waals surface area contributed by atoms with E-state index in [1.807, 2.05) is 51.1 Å². The van der Waals surface area contributed by atoms with E-state index in [0.29, 0.717) is 52.0 Å². The number of hydroxylamine groups is 3. The van der Waals surface area contributed by atoms with Crippen molar-refractivity contribution in [1.82, 2.24) is 20.3 Å². The van der Waals surface area contributed by atoms with Gasteiger partial charge in [0, 0.05) is 19.1 Å². The Balaban J connectivity index is 1.25. The predicted octanol–water partition coefficient (Wildman–Crippen LogP) is 3.24. The Morgan fingerprint density at radius 2 is 1.89 bits per heavy atom. The zero-order valence-corrected chi connectivity index (χ0v) is 20.7. The maximum Gasteiger partial charge on any atom is 0.407 e. The quantitative estimate of drug-likeness (QED) is 0.570. The van der Waals surface area contributed by atoms with Gasteiger partial charge in [-0.3, -0.25) is 14.5 Å². The number of carbonyl (C=O) groups is 3. The molecule has 35 heavy (non-hydrogen) atoms. The van der Waals surface area contributed by atoms with Crippen LogP contribution in [0.5, 0.6) is 0 Å². The number of carbonyl (C=O) groups excluding carboxylic acids is 2. The Morgan fingerprint density at radius 1 is 1.14 bits per heavy atom. The van der Waals surface area contributed by atoms with Crippen molar-refractivity contribution in [2.24, 2.45) is 11.3 Å². The van der Waals surface area contributed by atoms with Gasteiger partial charge in [-0.2, -0.15) is 5.06 Å². The van der Waals surface area contributed by atoms with Crippen LogP contribution in [0.2, 0.25) is 0 Å². The highest BCUT2D eigenvalue weighted by molar-refractivity contribution is 5.88. The highest BCUT2D eigenvalue weighted by Gasteiger charge is 2.48.